The summed E-state index contributed by atoms with van der Waals surface area (Å²) < 4.78 is 0. The van der Waals surface area contributed by atoms with E-state index in [4.69, 9.17) is 0 Å². The molecule has 0 unspecified atom stereocenters. The third-order valence-corrected chi connectivity index (χ3v) is 2.02. The Kier molecular flexibility index (Phi) is 3.20. The fraction of sp³-hybridized carbons (Fsp3) is 0. The van der Waals surface area contributed by atoms with Crippen molar-refractivity contribution in [3.8, 4) is 0 Å². The minimum atomic E-state index is -0.462. The van der Waals surface area contributed by atoms with Gasteiger partial charge in [-0.25, -0.2) is 0 Å². The van der Waals surface area contributed by atoms with Crippen molar-refractivity contribution in [2.45, 2.75) is 0 Å². The summed E-state index contributed by atoms with van der Waals surface area (Å²) >= 11 is 0. The summed E-state index contributed by atoms with van der Waals surface area (Å²) in [7, 11) is 0. The molecule has 5 heteroatoms. The largest absolute Gasteiger partial charge is 0.271 e. The molecule has 0 aliphatic carbocycles. The third kappa shape index (κ3) is 2.94. The quantitative estimate of drug-likeness (QED) is 0.453. The molecule has 1 radical (unpaired) electrons. The molecule has 0 aliphatic heterocycles. The Balaban J connectivity index is 2.22. The number of nitro groups is 1. The zero-order chi connectivity index (χ0) is 12.1. The predicted octanol–water partition coefficient (Wildman–Crippen LogP) is 3.81. The van der Waals surface area contributed by atoms with Crippen molar-refractivity contribution in [2.24, 2.45) is 10.2 Å². The Bertz CT molecular complexity index is 553. The highest BCUT2D eigenvalue weighted by Gasteiger charge is 2.04. The average Bonchev–Trinajstić information content (AvgIpc) is 2.38. The van der Waals surface area contributed by atoms with Crippen LogP contribution in [-0.2, 0) is 0 Å². The summed E-state index contributed by atoms with van der Waals surface area (Å²) in [6.45, 7) is 0. The Morgan fingerprint density at radius 1 is 1.06 bits per heavy atom. The third-order valence-electron chi connectivity index (χ3n) is 2.02. The molecule has 2 aromatic rings. The first kappa shape index (κ1) is 10.9. The van der Waals surface area contributed by atoms with E-state index in [1.54, 1.807) is 36.4 Å². The number of nitrogens with zero attached hydrogens (tertiary/aromatic N) is 3. The molecular weight excluding hydrogens is 218 g/mol. The summed E-state index contributed by atoms with van der Waals surface area (Å²) in [4.78, 5) is 10.1. The molecule has 0 bridgehead atoms. The van der Waals surface area contributed by atoms with Crippen LogP contribution in [0.3, 0.4) is 0 Å². The molecule has 0 atom stereocenters. The maximum absolute atomic E-state index is 10.6. The van der Waals surface area contributed by atoms with E-state index >= 15 is 0 Å². The molecule has 0 aliphatic rings. The van der Waals surface area contributed by atoms with E-state index in [0.717, 1.165) is 0 Å². The summed E-state index contributed by atoms with van der Waals surface area (Å²) in [6, 6.07) is 15.8. The van der Waals surface area contributed by atoms with Gasteiger partial charge in [0.1, 0.15) is 0 Å². The fourth-order valence-electron chi connectivity index (χ4n) is 1.23. The van der Waals surface area contributed by atoms with Gasteiger partial charge in [-0.3, -0.25) is 10.1 Å². The van der Waals surface area contributed by atoms with Gasteiger partial charge in [-0.05, 0) is 24.3 Å². The number of rotatable bonds is 3. The van der Waals surface area contributed by atoms with E-state index in [-0.39, 0.29) is 5.69 Å². The van der Waals surface area contributed by atoms with Gasteiger partial charge in [-0.2, -0.15) is 10.2 Å². The highest BCUT2D eigenvalue weighted by atomic mass is 16.6. The first-order valence-electron chi connectivity index (χ1n) is 4.88. The van der Waals surface area contributed by atoms with Crippen LogP contribution in [0.15, 0.2) is 58.8 Å². The van der Waals surface area contributed by atoms with Crippen LogP contribution in [0.2, 0.25) is 0 Å². The second kappa shape index (κ2) is 4.98. The molecule has 0 fully saturated rings. The van der Waals surface area contributed by atoms with E-state index in [1.807, 2.05) is 0 Å². The van der Waals surface area contributed by atoms with Crippen molar-refractivity contribution in [3.63, 3.8) is 0 Å². The van der Waals surface area contributed by atoms with E-state index in [1.165, 1.54) is 12.1 Å². The molecule has 5 nitrogen and oxygen atoms in total. The van der Waals surface area contributed by atoms with E-state index in [9.17, 15) is 10.1 Å². The first-order chi connectivity index (χ1) is 8.25. The summed E-state index contributed by atoms with van der Waals surface area (Å²) in [5.74, 6) is 0. The topological polar surface area (TPSA) is 67.9 Å². The summed E-state index contributed by atoms with van der Waals surface area (Å²) in [5, 5.41) is 18.4. The molecule has 0 spiro atoms. The van der Waals surface area contributed by atoms with Crippen LogP contribution in [-0.4, -0.2) is 4.92 Å². The molecule has 0 heterocycles. The van der Waals surface area contributed by atoms with Gasteiger partial charge in [0.25, 0.3) is 5.69 Å². The highest BCUT2D eigenvalue weighted by Crippen LogP contribution is 2.22. The van der Waals surface area contributed by atoms with E-state index in [0.29, 0.717) is 11.4 Å². The Morgan fingerprint density at radius 3 is 2.47 bits per heavy atom. The maximum atomic E-state index is 10.6. The molecule has 0 aromatic heterocycles. The second-order valence-electron chi connectivity index (χ2n) is 3.24. The van der Waals surface area contributed by atoms with Gasteiger partial charge in [0.2, 0.25) is 0 Å². The molecule has 0 saturated carbocycles. The highest BCUT2D eigenvalue weighted by molar-refractivity contribution is 5.47. The number of nitro benzene ring substituents is 1. The van der Waals surface area contributed by atoms with Gasteiger partial charge in [-0.15, -0.1) is 0 Å². The van der Waals surface area contributed by atoms with E-state index in [2.05, 4.69) is 16.3 Å². The molecular formula is C12H8N3O2. The van der Waals surface area contributed by atoms with Crippen molar-refractivity contribution in [1.82, 2.24) is 0 Å². The van der Waals surface area contributed by atoms with Crippen molar-refractivity contribution in [2.75, 3.05) is 0 Å². The minimum Gasteiger partial charge on any atom is -0.258 e. The van der Waals surface area contributed by atoms with Crippen LogP contribution in [0, 0.1) is 16.2 Å². The van der Waals surface area contributed by atoms with Gasteiger partial charge in [-0.1, -0.05) is 18.2 Å². The van der Waals surface area contributed by atoms with Crippen LogP contribution in [0.4, 0.5) is 17.1 Å². The Labute approximate surface area is 97.6 Å². The van der Waals surface area contributed by atoms with E-state index < -0.39 is 4.92 Å². The fourth-order valence-corrected chi connectivity index (χ4v) is 1.23. The SMILES string of the molecule is O=[N+]([O-])c1cccc(N=Nc2cc[c]cc2)c1. The van der Waals surface area contributed by atoms with Crippen molar-refractivity contribution in [3.05, 3.63) is 64.7 Å². The lowest BCUT2D eigenvalue weighted by Crippen LogP contribution is -1.85. The van der Waals surface area contributed by atoms with Gasteiger partial charge < -0.3 is 0 Å². The van der Waals surface area contributed by atoms with Crippen molar-refractivity contribution >= 4 is 17.1 Å². The lowest BCUT2D eigenvalue weighted by Gasteiger charge is -1.93. The number of azo groups is 1. The molecule has 0 amide bonds. The standard InChI is InChI=1S/C12H8N3O2/c16-15(17)12-8-4-7-11(9-12)14-13-10-5-2-1-3-6-10/h2-9H. The maximum Gasteiger partial charge on any atom is 0.271 e. The lowest BCUT2D eigenvalue weighted by atomic mass is 10.3. The van der Waals surface area contributed by atoms with Gasteiger partial charge in [0.05, 0.1) is 16.3 Å². The van der Waals surface area contributed by atoms with Crippen molar-refractivity contribution < 1.29 is 4.92 Å². The number of benzene rings is 2. The molecule has 17 heavy (non-hydrogen) atoms. The molecule has 0 N–H and O–H groups in total. The van der Waals surface area contributed by atoms with Gasteiger partial charge in [0, 0.05) is 12.1 Å². The molecule has 0 saturated heterocycles. The molecule has 83 valence electrons. The zero-order valence-electron chi connectivity index (χ0n) is 8.78. The second-order valence-corrected chi connectivity index (χ2v) is 3.24. The smallest absolute Gasteiger partial charge is 0.258 e. The summed E-state index contributed by atoms with van der Waals surface area (Å²) in [6.07, 6.45) is 0. The van der Waals surface area contributed by atoms with Crippen LogP contribution < -0.4 is 0 Å². The van der Waals surface area contributed by atoms with Crippen LogP contribution in [0.5, 0.6) is 0 Å². The molecule has 2 rings (SSSR count). The number of hydrogen-bond acceptors (Lipinski definition) is 4. The summed E-state index contributed by atoms with van der Waals surface area (Å²) in [5.41, 5.74) is 1.13. The Hall–Kier alpha value is -2.56. The zero-order valence-corrected chi connectivity index (χ0v) is 8.78. The normalized spacial score (nSPS) is 10.6. The van der Waals surface area contributed by atoms with Crippen molar-refractivity contribution in [1.29, 1.82) is 0 Å². The lowest BCUT2D eigenvalue weighted by molar-refractivity contribution is -0.384. The monoisotopic (exact) mass is 226 g/mol. The van der Waals surface area contributed by atoms with Crippen LogP contribution in [0.1, 0.15) is 0 Å². The predicted molar refractivity (Wildman–Crippen MR) is 62.6 cm³/mol. The van der Waals surface area contributed by atoms with Gasteiger partial charge >= 0.3 is 0 Å². The van der Waals surface area contributed by atoms with Crippen LogP contribution in [0.25, 0.3) is 0 Å². The average molecular weight is 226 g/mol. The first-order valence-corrected chi connectivity index (χ1v) is 4.88. The van der Waals surface area contributed by atoms with Crippen LogP contribution >= 0.6 is 0 Å². The molecule has 2 aromatic carbocycles. The van der Waals surface area contributed by atoms with Gasteiger partial charge in [0.15, 0.2) is 0 Å². The Morgan fingerprint density at radius 2 is 1.76 bits per heavy atom. The number of hydrogen-bond donors (Lipinski definition) is 0. The number of non-ortho nitro benzene ring substituents is 1. The minimum absolute atomic E-state index is 0.00263.